The van der Waals surface area contributed by atoms with Crippen molar-refractivity contribution in [2.45, 2.75) is 51.8 Å². The molecule has 0 radical (unpaired) electrons. The van der Waals surface area contributed by atoms with Gasteiger partial charge in [-0.3, -0.25) is 9.59 Å². The Balaban J connectivity index is 1.56. The number of nitrogens with one attached hydrogen (secondary N) is 1. The van der Waals surface area contributed by atoms with E-state index in [-0.39, 0.29) is 42.5 Å². The van der Waals surface area contributed by atoms with Crippen molar-refractivity contribution in [3.8, 4) is 0 Å². The molecule has 172 valence electrons. The third-order valence-electron chi connectivity index (χ3n) is 5.98. The van der Waals surface area contributed by atoms with Crippen molar-refractivity contribution < 1.29 is 18.7 Å². The number of fused-ring (bicyclic) bond motifs is 1. The Bertz CT molecular complexity index is 1130. The van der Waals surface area contributed by atoms with Crippen molar-refractivity contribution in [2.24, 2.45) is 0 Å². The van der Waals surface area contributed by atoms with Gasteiger partial charge in [0.15, 0.2) is 5.78 Å². The summed E-state index contributed by atoms with van der Waals surface area (Å²) < 4.78 is 20.7. The van der Waals surface area contributed by atoms with Crippen LogP contribution in [-0.4, -0.2) is 32.8 Å². The summed E-state index contributed by atoms with van der Waals surface area (Å²) in [5, 5.41) is 2.99. The fourth-order valence-electron chi connectivity index (χ4n) is 4.12. The second-order valence-corrected chi connectivity index (χ2v) is 8.22. The molecule has 0 spiro atoms. The molecule has 1 aliphatic heterocycles. The van der Waals surface area contributed by atoms with Gasteiger partial charge in [-0.2, -0.15) is 0 Å². The summed E-state index contributed by atoms with van der Waals surface area (Å²) in [6, 6.07) is 9.25. The van der Waals surface area contributed by atoms with Gasteiger partial charge in [0, 0.05) is 25.4 Å². The molecule has 0 saturated heterocycles. The normalized spacial score (nSPS) is 14.9. The number of benzene rings is 1. The molecule has 7 nitrogen and oxygen atoms in total. The fourth-order valence-corrected chi connectivity index (χ4v) is 4.12. The standard InChI is InChI=1S/C25H27FN4O3/c1-3-20(24-27-9-4-10-28-24)29-25(32)19-14-21(30-11-12-33-15-22(19)30)23(31)13-16(2)17-5-7-18(26)8-6-17/h4-10,14,16,20H,3,11-13,15H2,1-2H3,(H,29,32)/t16-,20-/m1/s1. The van der Waals surface area contributed by atoms with Crippen LogP contribution in [0.5, 0.6) is 0 Å². The second kappa shape index (κ2) is 10.0. The minimum Gasteiger partial charge on any atom is -0.373 e. The summed E-state index contributed by atoms with van der Waals surface area (Å²) in [6.45, 7) is 5.14. The number of ketones is 1. The maximum Gasteiger partial charge on any atom is 0.253 e. The van der Waals surface area contributed by atoms with Crippen LogP contribution >= 0.6 is 0 Å². The van der Waals surface area contributed by atoms with Gasteiger partial charge >= 0.3 is 0 Å². The minimum atomic E-state index is -0.337. The van der Waals surface area contributed by atoms with E-state index in [9.17, 15) is 14.0 Å². The Morgan fingerprint density at radius 1 is 1.21 bits per heavy atom. The number of Topliss-reactive ketones (excluding diaryl/α,β-unsaturated/α-hetero) is 1. The van der Waals surface area contributed by atoms with Crippen molar-refractivity contribution in [1.82, 2.24) is 19.9 Å². The second-order valence-electron chi connectivity index (χ2n) is 8.22. The average Bonchev–Trinajstić information content (AvgIpc) is 3.23. The highest BCUT2D eigenvalue weighted by Gasteiger charge is 2.28. The van der Waals surface area contributed by atoms with Gasteiger partial charge in [-0.15, -0.1) is 0 Å². The number of aromatic nitrogens is 3. The summed E-state index contributed by atoms with van der Waals surface area (Å²) in [4.78, 5) is 34.9. The van der Waals surface area contributed by atoms with Gasteiger partial charge in [0.2, 0.25) is 0 Å². The number of carbonyl (C=O) groups excluding carboxylic acids is 2. The van der Waals surface area contributed by atoms with E-state index in [1.807, 2.05) is 18.4 Å². The van der Waals surface area contributed by atoms with Crippen LogP contribution in [0.2, 0.25) is 0 Å². The first-order valence-corrected chi connectivity index (χ1v) is 11.1. The third-order valence-corrected chi connectivity index (χ3v) is 5.98. The summed E-state index contributed by atoms with van der Waals surface area (Å²) in [5.74, 6) is -0.190. The van der Waals surface area contributed by atoms with Crippen LogP contribution < -0.4 is 5.32 Å². The molecule has 33 heavy (non-hydrogen) atoms. The number of rotatable bonds is 8. The summed E-state index contributed by atoms with van der Waals surface area (Å²) in [6.07, 6.45) is 4.17. The van der Waals surface area contributed by atoms with Crippen molar-refractivity contribution in [3.63, 3.8) is 0 Å². The summed E-state index contributed by atoms with van der Waals surface area (Å²) in [5.41, 5.74) is 2.52. The number of carbonyl (C=O) groups is 2. The van der Waals surface area contributed by atoms with E-state index in [0.717, 1.165) is 5.56 Å². The molecule has 2 aromatic heterocycles. The number of hydrogen-bond acceptors (Lipinski definition) is 5. The number of amides is 1. The number of hydrogen-bond donors (Lipinski definition) is 1. The van der Waals surface area contributed by atoms with Crippen LogP contribution in [-0.2, 0) is 17.9 Å². The van der Waals surface area contributed by atoms with Crippen LogP contribution in [0.25, 0.3) is 0 Å². The highest BCUT2D eigenvalue weighted by Crippen LogP contribution is 2.27. The number of ether oxygens (including phenoxy) is 1. The van der Waals surface area contributed by atoms with Gasteiger partial charge in [-0.25, -0.2) is 14.4 Å². The fraction of sp³-hybridized carbons (Fsp3) is 0.360. The molecule has 0 aliphatic carbocycles. The minimum absolute atomic E-state index is 0.0625. The SMILES string of the molecule is CC[C@@H](NC(=O)c1cc(C(=O)C[C@@H](C)c2ccc(F)cc2)n2c1COCC2)c1ncccn1. The lowest BCUT2D eigenvalue weighted by Gasteiger charge is -2.20. The Morgan fingerprint density at radius 3 is 2.64 bits per heavy atom. The Morgan fingerprint density at radius 2 is 1.94 bits per heavy atom. The molecule has 2 atom stereocenters. The molecule has 8 heteroatoms. The zero-order chi connectivity index (χ0) is 23.4. The molecule has 4 rings (SSSR count). The quantitative estimate of drug-likeness (QED) is 0.520. The molecule has 1 aromatic carbocycles. The van der Waals surface area contributed by atoms with E-state index in [1.54, 1.807) is 36.7 Å². The van der Waals surface area contributed by atoms with E-state index in [1.165, 1.54) is 12.1 Å². The van der Waals surface area contributed by atoms with E-state index >= 15 is 0 Å². The molecule has 0 saturated carbocycles. The van der Waals surface area contributed by atoms with Crippen molar-refractivity contribution in [1.29, 1.82) is 0 Å². The van der Waals surface area contributed by atoms with Crippen LogP contribution in [0.15, 0.2) is 48.8 Å². The monoisotopic (exact) mass is 450 g/mol. The van der Waals surface area contributed by atoms with Crippen LogP contribution in [0, 0.1) is 5.82 Å². The molecule has 0 bridgehead atoms. The first kappa shape index (κ1) is 22.8. The lowest BCUT2D eigenvalue weighted by molar-refractivity contribution is 0.0780. The van der Waals surface area contributed by atoms with Crippen molar-refractivity contribution >= 4 is 11.7 Å². The molecule has 1 N–H and O–H groups in total. The van der Waals surface area contributed by atoms with Gasteiger partial charge in [-0.1, -0.05) is 26.0 Å². The first-order chi connectivity index (χ1) is 16.0. The lowest BCUT2D eigenvalue weighted by Crippen LogP contribution is -2.30. The van der Waals surface area contributed by atoms with E-state index in [2.05, 4.69) is 15.3 Å². The molecule has 1 aliphatic rings. The van der Waals surface area contributed by atoms with E-state index in [0.29, 0.717) is 42.3 Å². The van der Waals surface area contributed by atoms with Gasteiger partial charge in [-0.05, 0) is 42.2 Å². The Hall–Kier alpha value is -3.39. The highest BCUT2D eigenvalue weighted by molar-refractivity contribution is 6.01. The van der Waals surface area contributed by atoms with Crippen LogP contribution in [0.1, 0.15) is 76.6 Å². The summed E-state index contributed by atoms with van der Waals surface area (Å²) >= 11 is 0. The third kappa shape index (κ3) is 5.01. The molecule has 0 fully saturated rings. The number of nitrogens with zero attached hydrogens (tertiary/aromatic N) is 3. The van der Waals surface area contributed by atoms with Gasteiger partial charge in [0.05, 0.1) is 36.2 Å². The maximum absolute atomic E-state index is 13.2. The molecule has 3 heterocycles. The number of halogens is 1. The Labute approximate surface area is 192 Å². The maximum atomic E-state index is 13.2. The predicted octanol–water partition coefficient (Wildman–Crippen LogP) is 4.21. The first-order valence-electron chi connectivity index (χ1n) is 11.1. The smallest absolute Gasteiger partial charge is 0.253 e. The largest absolute Gasteiger partial charge is 0.373 e. The molecule has 1 amide bonds. The summed E-state index contributed by atoms with van der Waals surface area (Å²) in [7, 11) is 0. The molecular formula is C25H27FN4O3. The zero-order valence-electron chi connectivity index (χ0n) is 18.8. The van der Waals surface area contributed by atoms with Crippen molar-refractivity contribution in [3.05, 3.63) is 82.9 Å². The zero-order valence-corrected chi connectivity index (χ0v) is 18.8. The van der Waals surface area contributed by atoms with E-state index < -0.39 is 0 Å². The predicted molar refractivity (Wildman–Crippen MR) is 120 cm³/mol. The topological polar surface area (TPSA) is 86.1 Å². The van der Waals surface area contributed by atoms with Gasteiger partial charge in [0.1, 0.15) is 11.6 Å². The Kier molecular flexibility index (Phi) is 6.93. The van der Waals surface area contributed by atoms with Crippen LogP contribution in [0.4, 0.5) is 4.39 Å². The van der Waals surface area contributed by atoms with Gasteiger partial charge < -0.3 is 14.6 Å². The average molecular weight is 451 g/mol. The lowest BCUT2D eigenvalue weighted by atomic mass is 9.94. The van der Waals surface area contributed by atoms with E-state index in [4.69, 9.17) is 4.74 Å². The van der Waals surface area contributed by atoms with Crippen LogP contribution in [0.3, 0.4) is 0 Å². The molecule has 3 aromatic rings. The molecule has 0 unspecified atom stereocenters. The van der Waals surface area contributed by atoms with Crippen molar-refractivity contribution in [2.75, 3.05) is 6.61 Å². The highest BCUT2D eigenvalue weighted by atomic mass is 19.1. The molecular weight excluding hydrogens is 423 g/mol. The van der Waals surface area contributed by atoms with Gasteiger partial charge in [0.25, 0.3) is 5.91 Å².